The molecule has 4 atom stereocenters. The van der Waals surface area contributed by atoms with Gasteiger partial charge in [0.2, 0.25) is 0 Å². The van der Waals surface area contributed by atoms with Crippen molar-refractivity contribution >= 4 is 0 Å². The van der Waals surface area contributed by atoms with E-state index < -0.39 is 37.6 Å². The van der Waals surface area contributed by atoms with E-state index in [2.05, 4.69) is 0 Å². The van der Waals surface area contributed by atoms with Crippen molar-refractivity contribution in [2.45, 2.75) is 31.3 Å². The summed E-state index contributed by atoms with van der Waals surface area (Å²) in [7, 11) is 0. The number of hydrogen-bond donors (Lipinski definition) is 5. The van der Waals surface area contributed by atoms with Gasteiger partial charge in [-0.3, -0.25) is 0 Å². The molecule has 14 heavy (non-hydrogen) atoms. The molecule has 0 spiro atoms. The van der Waals surface area contributed by atoms with Crippen molar-refractivity contribution in [2.75, 3.05) is 19.8 Å². The summed E-state index contributed by atoms with van der Waals surface area (Å²) in [4.78, 5) is 0. The highest BCUT2D eigenvalue weighted by Crippen LogP contribution is 2.07. The van der Waals surface area contributed by atoms with Gasteiger partial charge in [-0.1, -0.05) is 0 Å². The Morgan fingerprint density at radius 1 is 1.00 bits per heavy atom. The third-order valence-corrected chi connectivity index (χ3v) is 1.87. The Bertz CT molecular complexity index is 140. The summed E-state index contributed by atoms with van der Waals surface area (Å²) < 4.78 is 4.92. The van der Waals surface area contributed by atoms with Crippen LogP contribution in [0.1, 0.15) is 6.92 Å². The van der Waals surface area contributed by atoms with E-state index in [0.29, 0.717) is 0 Å². The summed E-state index contributed by atoms with van der Waals surface area (Å²) in [5.74, 6) is 0. The summed E-state index contributed by atoms with van der Waals surface area (Å²) in [6.07, 6.45) is -5.37. The van der Waals surface area contributed by atoms with Crippen LogP contribution in [0.2, 0.25) is 0 Å². The fraction of sp³-hybridized carbons (Fsp3) is 1.00. The van der Waals surface area contributed by atoms with Crippen LogP contribution in [0.3, 0.4) is 0 Å². The van der Waals surface area contributed by atoms with E-state index in [0.717, 1.165) is 0 Å². The monoisotopic (exact) mass is 210 g/mol. The Balaban J connectivity index is 4.17. The molecule has 0 aromatic carbocycles. The van der Waals surface area contributed by atoms with Crippen molar-refractivity contribution < 1.29 is 30.3 Å². The van der Waals surface area contributed by atoms with Gasteiger partial charge >= 0.3 is 0 Å². The minimum atomic E-state index is -1.54. The van der Waals surface area contributed by atoms with Crippen LogP contribution in [-0.4, -0.2) is 69.8 Å². The Morgan fingerprint density at radius 3 is 1.93 bits per heavy atom. The predicted molar refractivity (Wildman–Crippen MR) is 47.6 cm³/mol. The number of rotatable bonds is 7. The molecule has 86 valence electrons. The average Bonchev–Trinajstić information content (AvgIpc) is 2.22. The highest BCUT2D eigenvalue weighted by Gasteiger charge is 2.30. The molecule has 0 radical (unpaired) electrons. The van der Waals surface area contributed by atoms with Gasteiger partial charge in [0.1, 0.15) is 24.4 Å². The lowest BCUT2D eigenvalue weighted by Gasteiger charge is -2.27. The Hall–Kier alpha value is -0.240. The fourth-order valence-electron chi connectivity index (χ4n) is 1.03. The normalized spacial score (nSPS) is 20.1. The molecule has 5 N–H and O–H groups in total. The van der Waals surface area contributed by atoms with E-state index in [9.17, 15) is 10.2 Å². The van der Waals surface area contributed by atoms with Crippen LogP contribution in [0, 0.1) is 0 Å². The van der Waals surface area contributed by atoms with Gasteiger partial charge in [-0.05, 0) is 6.92 Å². The maximum Gasteiger partial charge on any atom is 0.111 e. The van der Waals surface area contributed by atoms with Crippen LogP contribution in [0.15, 0.2) is 0 Å². The molecule has 6 heteroatoms. The Morgan fingerprint density at radius 2 is 1.57 bits per heavy atom. The summed E-state index contributed by atoms with van der Waals surface area (Å²) in [5.41, 5.74) is 0. The molecule has 0 amide bonds. The maximum absolute atomic E-state index is 9.40. The highest BCUT2D eigenvalue weighted by molar-refractivity contribution is 4.81. The number of hydrogen-bond acceptors (Lipinski definition) is 6. The van der Waals surface area contributed by atoms with Gasteiger partial charge < -0.3 is 30.3 Å². The minimum absolute atomic E-state index is 0.268. The zero-order valence-corrected chi connectivity index (χ0v) is 8.08. The summed E-state index contributed by atoms with van der Waals surface area (Å²) >= 11 is 0. The molecule has 0 aliphatic carbocycles. The SMILES string of the molecule is CCO[C@H](CO)[C@@H](O)[C@H](O)[C@H](O)CO. The largest absolute Gasteiger partial charge is 0.394 e. The number of ether oxygens (including phenoxy) is 1. The van der Waals surface area contributed by atoms with Gasteiger partial charge in [0.25, 0.3) is 0 Å². The molecule has 0 rings (SSSR count). The van der Waals surface area contributed by atoms with Crippen LogP contribution in [0.4, 0.5) is 0 Å². The highest BCUT2D eigenvalue weighted by atomic mass is 16.5. The van der Waals surface area contributed by atoms with E-state index >= 15 is 0 Å². The number of aliphatic hydroxyl groups is 5. The summed E-state index contributed by atoms with van der Waals surface area (Å²) in [6.45, 7) is 0.807. The molecule has 6 nitrogen and oxygen atoms in total. The average molecular weight is 210 g/mol. The standard InChI is InChI=1S/C8H18O6/c1-2-14-6(4-10)8(13)7(12)5(11)3-9/h5-13H,2-4H2,1H3/t5-,6-,7-,8-/m1/s1. The van der Waals surface area contributed by atoms with Crippen molar-refractivity contribution in [1.29, 1.82) is 0 Å². The lowest BCUT2D eigenvalue weighted by molar-refractivity contribution is -0.139. The van der Waals surface area contributed by atoms with Crippen LogP contribution in [0.5, 0.6) is 0 Å². The first-order chi connectivity index (χ1) is 6.58. The number of aliphatic hydroxyl groups excluding tert-OH is 5. The zero-order chi connectivity index (χ0) is 11.1. The van der Waals surface area contributed by atoms with Crippen molar-refractivity contribution in [3.63, 3.8) is 0 Å². The lowest BCUT2D eigenvalue weighted by atomic mass is 10.0. The molecule has 0 aliphatic heterocycles. The quantitative estimate of drug-likeness (QED) is 0.316. The van der Waals surface area contributed by atoms with Gasteiger partial charge in [0.15, 0.2) is 0 Å². The second-order valence-corrected chi connectivity index (χ2v) is 2.91. The second kappa shape index (κ2) is 7.10. The summed E-state index contributed by atoms with van der Waals surface area (Å²) in [5, 5.41) is 45.0. The topological polar surface area (TPSA) is 110 Å². The van der Waals surface area contributed by atoms with Crippen molar-refractivity contribution in [3.8, 4) is 0 Å². The van der Waals surface area contributed by atoms with Gasteiger partial charge in [0.05, 0.1) is 13.2 Å². The Labute approximate surface area is 82.4 Å². The molecule has 0 aromatic rings. The predicted octanol–water partition coefficient (Wildman–Crippen LogP) is -2.54. The van der Waals surface area contributed by atoms with Gasteiger partial charge in [-0.2, -0.15) is 0 Å². The zero-order valence-electron chi connectivity index (χ0n) is 8.08. The van der Waals surface area contributed by atoms with Crippen molar-refractivity contribution in [3.05, 3.63) is 0 Å². The minimum Gasteiger partial charge on any atom is -0.394 e. The molecule has 0 aliphatic rings. The smallest absolute Gasteiger partial charge is 0.111 e. The van der Waals surface area contributed by atoms with Crippen molar-refractivity contribution in [1.82, 2.24) is 0 Å². The first-order valence-corrected chi connectivity index (χ1v) is 4.46. The van der Waals surface area contributed by atoms with E-state index in [-0.39, 0.29) is 6.61 Å². The lowest BCUT2D eigenvalue weighted by Crippen LogP contribution is -2.48. The van der Waals surface area contributed by atoms with Gasteiger partial charge in [0, 0.05) is 6.61 Å². The molecule has 0 aromatic heterocycles. The first kappa shape index (κ1) is 13.8. The van der Waals surface area contributed by atoms with Crippen LogP contribution >= 0.6 is 0 Å². The molecule has 0 saturated heterocycles. The third-order valence-electron chi connectivity index (χ3n) is 1.87. The molecular formula is C8H18O6. The van der Waals surface area contributed by atoms with E-state index in [1.807, 2.05) is 0 Å². The van der Waals surface area contributed by atoms with E-state index in [1.165, 1.54) is 0 Å². The van der Waals surface area contributed by atoms with Gasteiger partial charge in [-0.25, -0.2) is 0 Å². The molecule has 0 bridgehead atoms. The molecule has 0 saturated carbocycles. The van der Waals surface area contributed by atoms with Crippen LogP contribution in [0.25, 0.3) is 0 Å². The molecule has 0 fully saturated rings. The second-order valence-electron chi connectivity index (χ2n) is 2.91. The van der Waals surface area contributed by atoms with Gasteiger partial charge in [-0.15, -0.1) is 0 Å². The molecular weight excluding hydrogens is 192 g/mol. The van der Waals surface area contributed by atoms with Crippen molar-refractivity contribution in [2.24, 2.45) is 0 Å². The first-order valence-electron chi connectivity index (χ1n) is 4.46. The van der Waals surface area contributed by atoms with E-state index in [1.54, 1.807) is 6.92 Å². The Kier molecular flexibility index (Phi) is 6.98. The van der Waals surface area contributed by atoms with Crippen LogP contribution in [-0.2, 0) is 4.74 Å². The van der Waals surface area contributed by atoms with Crippen LogP contribution < -0.4 is 0 Å². The molecule has 0 unspecified atom stereocenters. The molecule has 0 heterocycles. The third kappa shape index (κ3) is 3.87. The van der Waals surface area contributed by atoms with E-state index in [4.69, 9.17) is 20.1 Å². The fourth-order valence-corrected chi connectivity index (χ4v) is 1.03. The summed E-state index contributed by atoms with van der Waals surface area (Å²) in [6, 6.07) is 0. The maximum atomic E-state index is 9.40.